The van der Waals surface area contributed by atoms with E-state index in [1.54, 1.807) is 6.92 Å². The molecular formula is C25H30N4O3. The number of fused-ring (bicyclic) bond motifs is 1. The van der Waals surface area contributed by atoms with Gasteiger partial charge < -0.3 is 19.4 Å². The molecule has 1 aliphatic heterocycles. The smallest absolute Gasteiger partial charge is 0.251 e. The Morgan fingerprint density at radius 1 is 1.22 bits per heavy atom. The number of carbonyl (C=O) groups is 2. The molecule has 4 rings (SSSR count). The minimum Gasteiger partial charge on any atom is -0.374 e. The first-order valence-electron chi connectivity index (χ1n) is 11.1. The van der Waals surface area contributed by atoms with Crippen molar-refractivity contribution in [2.45, 2.75) is 40.2 Å². The maximum absolute atomic E-state index is 12.3. The van der Waals surface area contributed by atoms with E-state index in [1.807, 2.05) is 43.1 Å². The number of benzene rings is 1. The van der Waals surface area contributed by atoms with Crippen molar-refractivity contribution in [2.75, 3.05) is 26.2 Å². The maximum atomic E-state index is 12.3. The summed E-state index contributed by atoms with van der Waals surface area (Å²) in [7, 11) is 0. The van der Waals surface area contributed by atoms with E-state index in [2.05, 4.69) is 28.8 Å². The third kappa shape index (κ3) is 4.39. The molecule has 0 aliphatic carbocycles. The molecule has 0 radical (unpaired) electrons. The van der Waals surface area contributed by atoms with Gasteiger partial charge in [-0.05, 0) is 56.2 Å². The number of nitrogens with zero attached hydrogens (tertiary/aromatic N) is 3. The van der Waals surface area contributed by atoms with Crippen molar-refractivity contribution in [1.29, 1.82) is 0 Å². The van der Waals surface area contributed by atoms with Gasteiger partial charge in [-0.1, -0.05) is 6.07 Å². The summed E-state index contributed by atoms with van der Waals surface area (Å²) < 4.78 is 8.12. The average Bonchev–Trinajstić information content (AvgIpc) is 3.11. The number of aryl methyl sites for hydroxylation is 2. The van der Waals surface area contributed by atoms with E-state index in [1.165, 1.54) is 0 Å². The molecule has 168 valence electrons. The summed E-state index contributed by atoms with van der Waals surface area (Å²) in [4.78, 5) is 30.9. The Labute approximate surface area is 188 Å². The average molecular weight is 435 g/mol. The fourth-order valence-electron chi connectivity index (χ4n) is 4.29. The Kier molecular flexibility index (Phi) is 6.28. The fourth-order valence-corrected chi connectivity index (χ4v) is 4.29. The van der Waals surface area contributed by atoms with Crippen molar-refractivity contribution in [2.24, 2.45) is 0 Å². The zero-order valence-electron chi connectivity index (χ0n) is 19.1. The van der Waals surface area contributed by atoms with Crippen molar-refractivity contribution in [3.63, 3.8) is 0 Å². The van der Waals surface area contributed by atoms with Gasteiger partial charge >= 0.3 is 0 Å². The lowest BCUT2D eigenvalue weighted by atomic mass is 9.99. The molecule has 0 bridgehead atoms. The molecule has 1 saturated heterocycles. The highest BCUT2D eigenvalue weighted by atomic mass is 16.5. The molecule has 0 spiro atoms. The number of aromatic nitrogens is 2. The van der Waals surface area contributed by atoms with E-state index in [0.29, 0.717) is 38.2 Å². The highest BCUT2D eigenvalue weighted by Crippen LogP contribution is 2.30. The Balaban J connectivity index is 1.75. The number of hydrogen-bond donors (Lipinski definition) is 1. The quantitative estimate of drug-likeness (QED) is 0.669. The number of amides is 2. The van der Waals surface area contributed by atoms with Gasteiger partial charge in [-0.3, -0.25) is 9.59 Å². The molecule has 1 aromatic carbocycles. The van der Waals surface area contributed by atoms with E-state index < -0.39 is 0 Å². The molecule has 7 nitrogen and oxygen atoms in total. The molecule has 3 heterocycles. The standard InChI is InChI=1S/C25H30N4O3/c1-5-26-25(31)19-6-7-21(17(3)13-19)24-22(29-9-8-16(2)12-23(29)27-24)14-20-15-28(18(4)30)10-11-32-20/h6-9,12-13,20H,5,10-11,14-15H2,1-4H3,(H,26,31)/t20-/m1/s1. The number of pyridine rings is 1. The first-order chi connectivity index (χ1) is 15.4. The summed E-state index contributed by atoms with van der Waals surface area (Å²) in [5, 5.41) is 2.85. The van der Waals surface area contributed by atoms with Gasteiger partial charge in [0.05, 0.1) is 24.1 Å². The third-order valence-electron chi connectivity index (χ3n) is 5.97. The monoisotopic (exact) mass is 434 g/mol. The zero-order valence-corrected chi connectivity index (χ0v) is 19.1. The van der Waals surface area contributed by atoms with Gasteiger partial charge in [0, 0.05) is 50.3 Å². The number of rotatable bonds is 5. The summed E-state index contributed by atoms with van der Waals surface area (Å²) in [6.07, 6.45) is 2.59. The van der Waals surface area contributed by atoms with Crippen LogP contribution >= 0.6 is 0 Å². The topological polar surface area (TPSA) is 75.9 Å². The Morgan fingerprint density at radius 2 is 2.03 bits per heavy atom. The summed E-state index contributed by atoms with van der Waals surface area (Å²) in [6, 6.07) is 9.86. The molecule has 1 fully saturated rings. The van der Waals surface area contributed by atoms with Gasteiger partial charge in [-0.25, -0.2) is 4.98 Å². The lowest BCUT2D eigenvalue weighted by Crippen LogP contribution is -2.45. The van der Waals surface area contributed by atoms with Gasteiger partial charge in [0.25, 0.3) is 5.91 Å². The highest BCUT2D eigenvalue weighted by molar-refractivity contribution is 5.95. The van der Waals surface area contributed by atoms with Crippen LogP contribution in [-0.2, 0) is 16.0 Å². The second-order valence-corrected chi connectivity index (χ2v) is 8.39. The van der Waals surface area contributed by atoms with Crippen LogP contribution < -0.4 is 5.32 Å². The fraction of sp³-hybridized carbons (Fsp3) is 0.400. The first-order valence-corrected chi connectivity index (χ1v) is 11.1. The molecule has 1 N–H and O–H groups in total. The van der Waals surface area contributed by atoms with Gasteiger partial charge in [-0.2, -0.15) is 0 Å². The van der Waals surface area contributed by atoms with Crippen molar-refractivity contribution in [3.05, 3.63) is 58.9 Å². The summed E-state index contributed by atoms with van der Waals surface area (Å²) in [6.45, 7) is 9.90. The number of carbonyl (C=O) groups excluding carboxylic acids is 2. The largest absolute Gasteiger partial charge is 0.374 e. The summed E-state index contributed by atoms with van der Waals surface area (Å²) in [5.41, 5.74) is 6.58. The van der Waals surface area contributed by atoms with Crippen LogP contribution in [0.4, 0.5) is 0 Å². The van der Waals surface area contributed by atoms with Crippen LogP contribution in [0.15, 0.2) is 36.5 Å². The summed E-state index contributed by atoms with van der Waals surface area (Å²) in [5.74, 6) is -0.00277. The zero-order chi connectivity index (χ0) is 22.8. The Bertz CT molecular complexity index is 1170. The van der Waals surface area contributed by atoms with Crippen LogP contribution in [0, 0.1) is 13.8 Å². The van der Waals surface area contributed by atoms with Crippen molar-refractivity contribution in [3.8, 4) is 11.3 Å². The van der Waals surface area contributed by atoms with E-state index in [-0.39, 0.29) is 17.9 Å². The molecule has 0 unspecified atom stereocenters. The van der Waals surface area contributed by atoms with Crippen LogP contribution in [0.2, 0.25) is 0 Å². The molecule has 0 saturated carbocycles. The van der Waals surface area contributed by atoms with Gasteiger partial charge in [0.15, 0.2) is 0 Å². The molecule has 1 aliphatic rings. The van der Waals surface area contributed by atoms with Gasteiger partial charge in [0.2, 0.25) is 5.91 Å². The first kappa shape index (κ1) is 22.0. The minimum atomic E-state index is -0.0949. The molecule has 32 heavy (non-hydrogen) atoms. The van der Waals surface area contributed by atoms with E-state index >= 15 is 0 Å². The molecule has 7 heteroatoms. The second kappa shape index (κ2) is 9.12. The van der Waals surface area contributed by atoms with Crippen LogP contribution in [0.1, 0.15) is 41.0 Å². The van der Waals surface area contributed by atoms with E-state index in [9.17, 15) is 9.59 Å². The van der Waals surface area contributed by atoms with Crippen molar-refractivity contribution >= 4 is 17.5 Å². The van der Waals surface area contributed by atoms with Crippen LogP contribution in [0.25, 0.3) is 16.9 Å². The van der Waals surface area contributed by atoms with E-state index in [0.717, 1.165) is 33.7 Å². The maximum Gasteiger partial charge on any atom is 0.251 e. The normalized spacial score (nSPS) is 16.4. The predicted molar refractivity (Wildman–Crippen MR) is 124 cm³/mol. The molecule has 3 aromatic rings. The summed E-state index contributed by atoms with van der Waals surface area (Å²) >= 11 is 0. The van der Waals surface area contributed by atoms with E-state index in [4.69, 9.17) is 9.72 Å². The lowest BCUT2D eigenvalue weighted by Gasteiger charge is -2.32. The number of morpholine rings is 1. The van der Waals surface area contributed by atoms with Crippen LogP contribution in [0.5, 0.6) is 0 Å². The lowest BCUT2D eigenvalue weighted by molar-refractivity contribution is -0.136. The Hall–Kier alpha value is -3.19. The highest BCUT2D eigenvalue weighted by Gasteiger charge is 2.26. The minimum absolute atomic E-state index is 0.0732. The predicted octanol–water partition coefficient (Wildman–Crippen LogP) is 3.16. The Morgan fingerprint density at radius 3 is 2.75 bits per heavy atom. The molecule has 2 amide bonds. The van der Waals surface area contributed by atoms with Crippen LogP contribution in [0.3, 0.4) is 0 Å². The number of imidazole rings is 1. The van der Waals surface area contributed by atoms with Crippen molar-refractivity contribution in [1.82, 2.24) is 19.6 Å². The van der Waals surface area contributed by atoms with Gasteiger partial charge in [0.1, 0.15) is 5.65 Å². The third-order valence-corrected chi connectivity index (χ3v) is 5.97. The molecule has 1 atom stereocenters. The number of hydrogen-bond acceptors (Lipinski definition) is 4. The van der Waals surface area contributed by atoms with Gasteiger partial charge in [-0.15, -0.1) is 0 Å². The van der Waals surface area contributed by atoms with Crippen LogP contribution in [-0.4, -0.2) is 58.4 Å². The number of ether oxygens (including phenoxy) is 1. The molecule has 2 aromatic heterocycles. The second-order valence-electron chi connectivity index (χ2n) is 8.39. The molecular weight excluding hydrogens is 404 g/mol. The van der Waals surface area contributed by atoms with Crippen molar-refractivity contribution < 1.29 is 14.3 Å². The number of nitrogens with one attached hydrogen (secondary N) is 1. The SMILES string of the molecule is CCNC(=O)c1ccc(-c2nc3cc(C)ccn3c2C[C@@H]2CN(C(C)=O)CCO2)c(C)c1.